The molecule has 0 radical (unpaired) electrons. The SMILES string of the molecule is COCCNC(=O)C1=Cc2c(ncnc2Nc2ccc(Oc3cccc(C(F)(F)F)c3)c(Cl)c2)NCC1. The summed E-state index contributed by atoms with van der Waals surface area (Å²) in [6, 6.07) is 9.28. The van der Waals surface area contributed by atoms with E-state index in [0.29, 0.717) is 54.6 Å². The molecule has 0 spiro atoms. The van der Waals surface area contributed by atoms with Gasteiger partial charge in [0.2, 0.25) is 5.91 Å². The standard InChI is InChI=1S/C25H23ClF3N5O3/c1-36-10-9-31-24(35)15-7-8-30-22-19(11-15)23(33-14-32-22)34-17-5-6-21(20(26)13-17)37-18-4-2-3-16(12-18)25(27,28)29/h2-6,11-14H,7-10H2,1H3,(H,31,35)(H2,30,32,33,34). The number of alkyl halides is 3. The largest absolute Gasteiger partial charge is 0.456 e. The number of nitrogens with one attached hydrogen (secondary N) is 3. The number of amides is 1. The number of rotatable bonds is 8. The van der Waals surface area contributed by atoms with Crippen LogP contribution in [0.4, 0.5) is 30.5 Å². The highest BCUT2D eigenvalue weighted by Gasteiger charge is 2.30. The zero-order chi connectivity index (χ0) is 26.4. The van der Waals surface area contributed by atoms with Crippen LogP contribution in [-0.2, 0) is 15.7 Å². The number of carbonyl (C=O) groups is 1. The van der Waals surface area contributed by atoms with Crippen LogP contribution in [0.5, 0.6) is 11.5 Å². The minimum Gasteiger partial charge on any atom is -0.456 e. The van der Waals surface area contributed by atoms with E-state index in [4.69, 9.17) is 21.1 Å². The third-order valence-electron chi connectivity index (χ3n) is 5.36. The van der Waals surface area contributed by atoms with Gasteiger partial charge in [-0.1, -0.05) is 17.7 Å². The second-order valence-electron chi connectivity index (χ2n) is 7.98. The van der Waals surface area contributed by atoms with Gasteiger partial charge in [-0.3, -0.25) is 4.79 Å². The van der Waals surface area contributed by atoms with Gasteiger partial charge in [-0.15, -0.1) is 0 Å². The minimum absolute atomic E-state index is 0.00562. The van der Waals surface area contributed by atoms with Crippen molar-refractivity contribution in [2.45, 2.75) is 12.6 Å². The molecule has 194 valence electrons. The second-order valence-corrected chi connectivity index (χ2v) is 8.38. The van der Waals surface area contributed by atoms with Crippen LogP contribution in [-0.4, -0.2) is 42.7 Å². The maximum Gasteiger partial charge on any atom is 0.416 e. The van der Waals surface area contributed by atoms with Gasteiger partial charge in [-0.05, 0) is 48.9 Å². The number of nitrogens with zero attached hydrogens (tertiary/aromatic N) is 2. The van der Waals surface area contributed by atoms with Gasteiger partial charge in [0.1, 0.15) is 29.5 Å². The van der Waals surface area contributed by atoms with E-state index in [1.165, 1.54) is 24.5 Å². The summed E-state index contributed by atoms with van der Waals surface area (Å²) in [5.41, 5.74) is 0.878. The zero-order valence-corrected chi connectivity index (χ0v) is 20.4. The lowest BCUT2D eigenvalue weighted by atomic mass is 10.1. The lowest BCUT2D eigenvalue weighted by molar-refractivity contribution is -0.137. The van der Waals surface area contributed by atoms with E-state index in [0.717, 1.165) is 12.1 Å². The van der Waals surface area contributed by atoms with Crippen LogP contribution < -0.4 is 20.7 Å². The molecule has 1 aliphatic heterocycles. The summed E-state index contributed by atoms with van der Waals surface area (Å²) in [7, 11) is 1.56. The maximum atomic E-state index is 13.0. The predicted molar refractivity (Wildman–Crippen MR) is 134 cm³/mol. The summed E-state index contributed by atoms with van der Waals surface area (Å²) in [5, 5.41) is 9.34. The molecule has 1 aromatic heterocycles. The quantitative estimate of drug-likeness (QED) is 0.322. The molecule has 0 bridgehead atoms. The average Bonchev–Trinajstić information content (AvgIpc) is 3.09. The molecule has 0 saturated carbocycles. The molecule has 3 N–H and O–H groups in total. The number of aromatic nitrogens is 2. The summed E-state index contributed by atoms with van der Waals surface area (Å²) in [4.78, 5) is 21.2. The van der Waals surface area contributed by atoms with Crippen LogP contribution in [0.25, 0.3) is 6.08 Å². The van der Waals surface area contributed by atoms with Crippen LogP contribution in [0.15, 0.2) is 54.4 Å². The lowest BCUT2D eigenvalue weighted by Crippen LogP contribution is -2.28. The molecule has 0 fully saturated rings. The van der Waals surface area contributed by atoms with Crippen LogP contribution in [0.2, 0.25) is 5.02 Å². The molecule has 4 rings (SSSR count). The first-order valence-electron chi connectivity index (χ1n) is 11.2. The van der Waals surface area contributed by atoms with Gasteiger partial charge in [-0.25, -0.2) is 9.97 Å². The van der Waals surface area contributed by atoms with Crippen LogP contribution >= 0.6 is 11.6 Å². The molecule has 0 unspecified atom stereocenters. The Kier molecular flexibility index (Phi) is 8.14. The molecule has 2 aromatic carbocycles. The Labute approximate surface area is 215 Å². The molecule has 1 amide bonds. The van der Waals surface area contributed by atoms with E-state index in [-0.39, 0.29) is 22.4 Å². The summed E-state index contributed by atoms with van der Waals surface area (Å²) in [6.07, 6.45) is -0.882. The Morgan fingerprint density at radius 2 is 2.03 bits per heavy atom. The predicted octanol–water partition coefficient (Wildman–Crippen LogP) is 5.65. The highest BCUT2D eigenvalue weighted by molar-refractivity contribution is 6.32. The number of anilines is 3. The topological polar surface area (TPSA) is 97.4 Å². The van der Waals surface area contributed by atoms with Crippen molar-refractivity contribution < 1.29 is 27.4 Å². The van der Waals surface area contributed by atoms with Crippen LogP contribution in [0, 0.1) is 0 Å². The maximum absolute atomic E-state index is 13.0. The lowest BCUT2D eigenvalue weighted by Gasteiger charge is -2.14. The average molecular weight is 534 g/mol. The molecule has 37 heavy (non-hydrogen) atoms. The van der Waals surface area contributed by atoms with Crippen molar-refractivity contribution in [3.05, 3.63) is 70.5 Å². The van der Waals surface area contributed by atoms with Gasteiger partial charge in [0.05, 0.1) is 22.8 Å². The smallest absolute Gasteiger partial charge is 0.416 e. The van der Waals surface area contributed by atoms with E-state index in [2.05, 4.69) is 25.9 Å². The third kappa shape index (κ3) is 6.69. The molecule has 0 saturated heterocycles. The van der Waals surface area contributed by atoms with Crippen molar-refractivity contribution in [2.24, 2.45) is 0 Å². The highest BCUT2D eigenvalue weighted by atomic mass is 35.5. The fourth-order valence-corrected chi connectivity index (χ4v) is 3.77. The molecular formula is C25H23ClF3N5O3. The summed E-state index contributed by atoms with van der Waals surface area (Å²) in [5.74, 6) is 0.980. The molecule has 3 aromatic rings. The number of hydrogen-bond acceptors (Lipinski definition) is 7. The van der Waals surface area contributed by atoms with Gasteiger partial charge in [0, 0.05) is 31.5 Å². The third-order valence-corrected chi connectivity index (χ3v) is 5.65. The first-order chi connectivity index (χ1) is 17.7. The fraction of sp³-hybridized carbons (Fsp3) is 0.240. The van der Waals surface area contributed by atoms with Crippen LogP contribution in [0.3, 0.4) is 0 Å². The first-order valence-corrected chi connectivity index (χ1v) is 11.6. The summed E-state index contributed by atoms with van der Waals surface area (Å²) >= 11 is 6.36. The summed E-state index contributed by atoms with van der Waals surface area (Å²) in [6.45, 7) is 1.30. The highest BCUT2D eigenvalue weighted by Crippen LogP contribution is 2.36. The van der Waals surface area contributed by atoms with E-state index in [1.807, 2.05) is 0 Å². The van der Waals surface area contributed by atoms with E-state index >= 15 is 0 Å². The van der Waals surface area contributed by atoms with E-state index < -0.39 is 11.7 Å². The van der Waals surface area contributed by atoms with Crippen molar-refractivity contribution in [2.75, 3.05) is 37.4 Å². The molecule has 8 nitrogen and oxygen atoms in total. The van der Waals surface area contributed by atoms with Gasteiger partial charge in [0.15, 0.2) is 0 Å². The van der Waals surface area contributed by atoms with Crippen molar-refractivity contribution in [3.8, 4) is 11.5 Å². The zero-order valence-electron chi connectivity index (χ0n) is 19.7. The Hall–Kier alpha value is -3.83. The van der Waals surface area contributed by atoms with Gasteiger partial charge in [0.25, 0.3) is 0 Å². The monoisotopic (exact) mass is 533 g/mol. The van der Waals surface area contributed by atoms with Crippen molar-refractivity contribution in [3.63, 3.8) is 0 Å². The molecule has 12 heteroatoms. The number of carbonyl (C=O) groups excluding carboxylic acids is 1. The Morgan fingerprint density at radius 3 is 2.78 bits per heavy atom. The number of methoxy groups -OCH3 is 1. The molecule has 0 aliphatic carbocycles. The minimum atomic E-state index is -4.49. The number of fused-ring (bicyclic) bond motifs is 1. The van der Waals surface area contributed by atoms with Gasteiger partial charge in [-0.2, -0.15) is 13.2 Å². The fourth-order valence-electron chi connectivity index (χ4n) is 3.55. The Balaban J connectivity index is 1.54. The summed E-state index contributed by atoms with van der Waals surface area (Å²) < 4.78 is 49.5. The number of ether oxygens (including phenoxy) is 2. The second kappa shape index (κ2) is 11.5. The number of benzene rings is 2. The molecule has 1 aliphatic rings. The van der Waals surface area contributed by atoms with Crippen molar-refractivity contribution >= 4 is 40.9 Å². The van der Waals surface area contributed by atoms with Gasteiger partial charge >= 0.3 is 6.18 Å². The number of hydrogen-bond donors (Lipinski definition) is 3. The van der Waals surface area contributed by atoms with Crippen molar-refractivity contribution in [1.29, 1.82) is 0 Å². The first kappa shape index (κ1) is 26.2. The van der Waals surface area contributed by atoms with Crippen LogP contribution in [0.1, 0.15) is 17.5 Å². The molecular weight excluding hydrogens is 511 g/mol. The van der Waals surface area contributed by atoms with E-state index in [1.54, 1.807) is 25.3 Å². The van der Waals surface area contributed by atoms with Crippen molar-refractivity contribution in [1.82, 2.24) is 15.3 Å². The number of halogens is 4. The van der Waals surface area contributed by atoms with E-state index in [9.17, 15) is 18.0 Å². The molecule has 2 heterocycles. The molecule has 0 atom stereocenters. The normalized spacial score (nSPS) is 13.1. The van der Waals surface area contributed by atoms with Gasteiger partial charge < -0.3 is 25.4 Å². The Bertz CT molecular complexity index is 1320. The Morgan fingerprint density at radius 1 is 1.19 bits per heavy atom.